The quantitative estimate of drug-likeness (QED) is 0.640. The third-order valence-corrected chi connectivity index (χ3v) is 6.87. The highest BCUT2D eigenvalue weighted by molar-refractivity contribution is 6.07. The molecule has 2 aliphatic carbocycles. The number of hydrogen-bond acceptors (Lipinski definition) is 4. The molecule has 5 rings (SSSR count). The number of benzene rings is 1. The van der Waals surface area contributed by atoms with E-state index < -0.39 is 11.2 Å². The molecular weight excluding hydrogens is 356 g/mol. The van der Waals surface area contributed by atoms with E-state index in [0.717, 1.165) is 43.9 Å². The van der Waals surface area contributed by atoms with Crippen LogP contribution in [0.3, 0.4) is 0 Å². The molecule has 3 amide bonds. The van der Waals surface area contributed by atoms with E-state index in [2.05, 4.69) is 11.4 Å². The minimum Gasteiger partial charge on any atom is -0.423 e. The van der Waals surface area contributed by atoms with Crippen molar-refractivity contribution in [2.45, 2.75) is 64.0 Å². The van der Waals surface area contributed by atoms with E-state index >= 15 is 0 Å². The Morgan fingerprint density at radius 1 is 1.11 bits per heavy atom. The molecule has 6 heteroatoms. The van der Waals surface area contributed by atoms with Crippen molar-refractivity contribution in [3.8, 4) is 0 Å². The number of amides is 3. The van der Waals surface area contributed by atoms with Crippen LogP contribution in [-0.4, -0.2) is 22.4 Å². The number of nitrogens with one attached hydrogen (secondary N) is 1. The van der Waals surface area contributed by atoms with E-state index in [1.54, 1.807) is 0 Å². The van der Waals surface area contributed by atoms with Gasteiger partial charge in [0.25, 0.3) is 5.91 Å². The first-order valence-corrected chi connectivity index (χ1v) is 10.2. The Kier molecular flexibility index (Phi) is 3.86. The Labute approximate surface area is 162 Å². The molecule has 1 aliphatic heterocycles. The Morgan fingerprint density at radius 2 is 1.89 bits per heavy atom. The van der Waals surface area contributed by atoms with Crippen molar-refractivity contribution >= 4 is 22.9 Å². The molecule has 3 aliphatic rings. The van der Waals surface area contributed by atoms with Crippen molar-refractivity contribution in [2.75, 3.05) is 0 Å². The molecule has 2 atom stereocenters. The van der Waals surface area contributed by atoms with Crippen LogP contribution in [0, 0.1) is 5.92 Å². The average molecular weight is 380 g/mol. The lowest BCUT2D eigenvalue weighted by Gasteiger charge is -2.36. The molecule has 6 nitrogen and oxygen atoms in total. The molecule has 1 saturated heterocycles. The second kappa shape index (κ2) is 6.19. The minimum atomic E-state index is -0.786. The second-order valence-electron chi connectivity index (χ2n) is 8.50. The summed E-state index contributed by atoms with van der Waals surface area (Å²) in [6.45, 7) is 2.14. The summed E-state index contributed by atoms with van der Waals surface area (Å²) >= 11 is 0. The highest BCUT2D eigenvalue weighted by Gasteiger charge is 2.54. The van der Waals surface area contributed by atoms with Crippen LogP contribution in [-0.2, 0) is 24.2 Å². The molecule has 1 N–H and O–H groups in total. The van der Waals surface area contributed by atoms with Crippen LogP contribution in [0.5, 0.6) is 0 Å². The van der Waals surface area contributed by atoms with E-state index in [-0.39, 0.29) is 24.4 Å². The Bertz CT molecular complexity index is 1060. The zero-order valence-corrected chi connectivity index (χ0v) is 16.0. The summed E-state index contributed by atoms with van der Waals surface area (Å²) in [5.74, 6) is -0.0455. The Morgan fingerprint density at radius 3 is 2.68 bits per heavy atom. The number of rotatable bonds is 2. The molecule has 0 unspecified atom stereocenters. The molecule has 1 aromatic carbocycles. The number of fused-ring (bicyclic) bond motifs is 2. The first-order chi connectivity index (χ1) is 13.5. The van der Waals surface area contributed by atoms with Crippen LogP contribution < -0.4 is 10.9 Å². The van der Waals surface area contributed by atoms with Crippen LogP contribution in [0.25, 0.3) is 11.0 Å². The molecular formula is C22H24N2O4. The van der Waals surface area contributed by atoms with Crippen LogP contribution in [0.2, 0.25) is 0 Å². The molecule has 1 spiro atoms. The molecule has 1 saturated carbocycles. The van der Waals surface area contributed by atoms with Gasteiger partial charge in [-0.15, -0.1) is 0 Å². The number of imide groups is 1. The monoisotopic (exact) mass is 380 g/mol. The third kappa shape index (κ3) is 2.50. The van der Waals surface area contributed by atoms with Crippen molar-refractivity contribution in [3.63, 3.8) is 0 Å². The zero-order valence-electron chi connectivity index (χ0n) is 16.0. The van der Waals surface area contributed by atoms with Gasteiger partial charge in [-0.05, 0) is 66.8 Å². The highest BCUT2D eigenvalue weighted by atomic mass is 16.4. The summed E-state index contributed by atoms with van der Waals surface area (Å²) in [7, 11) is 0. The molecule has 146 valence electrons. The number of hydrogen-bond donors (Lipinski definition) is 1. The predicted octanol–water partition coefficient (Wildman–Crippen LogP) is 3.28. The topological polar surface area (TPSA) is 79.6 Å². The van der Waals surface area contributed by atoms with Gasteiger partial charge < -0.3 is 9.73 Å². The maximum Gasteiger partial charge on any atom is 0.336 e. The van der Waals surface area contributed by atoms with Crippen molar-refractivity contribution in [2.24, 2.45) is 5.92 Å². The van der Waals surface area contributed by atoms with Crippen molar-refractivity contribution in [3.05, 3.63) is 45.3 Å². The normalized spacial score (nSPS) is 26.9. The van der Waals surface area contributed by atoms with Gasteiger partial charge >= 0.3 is 11.7 Å². The van der Waals surface area contributed by atoms with E-state index in [9.17, 15) is 14.4 Å². The standard InChI is InChI=1S/C22H24N2O4/c1-13-5-2-3-8-22(13)20(26)24(21(27)23-22)12-16-11-19(25)28-18-10-15-7-4-6-14(15)9-17(16)18/h9-11,13H,2-8,12H2,1H3,(H,23,27)/t13-,22-/m0/s1. The van der Waals surface area contributed by atoms with Gasteiger partial charge in [-0.2, -0.15) is 0 Å². The molecule has 2 heterocycles. The summed E-state index contributed by atoms with van der Waals surface area (Å²) in [6, 6.07) is 5.06. The molecule has 2 aromatic rings. The SMILES string of the molecule is C[C@H]1CCCC[C@]12NC(=O)N(Cc1cc(=O)oc3cc4c(cc13)CCC4)C2=O. The van der Waals surface area contributed by atoms with E-state index in [1.165, 1.54) is 22.1 Å². The van der Waals surface area contributed by atoms with Crippen molar-refractivity contribution in [1.82, 2.24) is 10.2 Å². The van der Waals surface area contributed by atoms with Crippen LogP contribution >= 0.6 is 0 Å². The minimum absolute atomic E-state index is 0.0972. The number of aryl methyl sites for hydroxylation is 2. The van der Waals surface area contributed by atoms with Crippen LogP contribution in [0.4, 0.5) is 4.79 Å². The number of carbonyl (C=O) groups excluding carboxylic acids is 2. The van der Waals surface area contributed by atoms with E-state index in [0.29, 0.717) is 17.6 Å². The van der Waals surface area contributed by atoms with Crippen molar-refractivity contribution < 1.29 is 14.0 Å². The molecule has 0 radical (unpaired) electrons. The Balaban J connectivity index is 1.54. The van der Waals surface area contributed by atoms with Gasteiger partial charge in [0.15, 0.2) is 0 Å². The third-order valence-electron chi connectivity index (χ3n) is 6.87. The number of urea groups is 1. The molecule has 28 heavy (non-hydrogen) atoms. The fourth-order valence-electron chi connectivity index (χ4n) is 5.23. The van der Waals surface area contributed by atoms with Gasteiger partial charge in [-0.25, -0.2) is 9.59 Å². The van der Waals surface area contributed by atoms with Gasteiger partial charge in [-0.1, -0.05) is 19.8 Å². The lowest BCUT2D eigenvalue weighted by molar-refractivity contribution is -0.134. The fraction of sp³-hybridized carbons (Fsp3) is 0.500. The maximum absolute atomic E-state index is 13.3. The lowest BCUT2D eigenvalue weighted by atomic mass is 9.73. The zero-order chi connectivity index (χ0) is 19.5. The summed E-state index contributed by atoms with van der Waals surface area (Å²) in [4.78, 5) is 39.4. The second-order valence-corrected chi connectivity index (χ2v) is 8.50. The lowest BCUT2D eigenvalue weighted by Crippen LogP contribution is -2.53. The molecule has 0 bridgehead atoms. The average Bonchev–Trinajstić information content (AvgIpc) is 3.21. The van der Waals surface area contributed by atoms with Gasteiger partial charge in [0.05, 0.1) is 6.54 Å². The van der Waals surface area contributed by atoms with Crippen LogP contribution in [0.15, 0.2) is 27.4 Å². The van der Waals surface area contributed by atoms with E-state index in [4.69, 9.17) is 4.42 Å². The van der Waals surface area contributed by atoms with Crippen molar-refractivity contribution in [1.29, 1.82) is 0 Å². The largest absolute Gasteiger partial charge is 0.423 e. The predicted molar refractivity (Wildman–Crippen MR) is 104 cm³/mol. The fourth-order valence-corrected chi connectivity index (χ4v) is 5.23. The van der Waals surface area contributed by atoms with Gasteiger partial charge in [0.1, 0.15) is 11.1 Å². The first-order valence-electron chi connectivity index (χ1n) is 10.2. The van der Waals surface area contributed by atoms with Crippen LogP contribution in [0.1, 0.15) is 55.7 Å². The van der Waals surface area contributed by atoms with Gasteiger partial charge in [-0.3, -0.25) is 9.69 Å². The summed E-state index contributed by atoms with van der Waals surface area (Å²) in [5.41, 5.74) is 2.45. The molecule has 1 aromatic heterocycles. The van der Waals surface area contributed by atoms with Gasteiger partial charge in [0, 0.05) is 11.5 Å². The van der Waals surface area contributed by atoms with Gasteiger partial charge in [0.2, 0.25) is 0 Å². The maximum atomic E-state index is 13.3. The number of carbonyl (C=O) groups is 2. The smallest absolute Gasteiger partial charge is 0.336 e. The highest BCUT2D eigenvalue weighted by Crippen LogP contribution is 2.39. The summed E-state index contributed by atoms with van der Waals surface area (Å²) in [6.07, 6.45) is 6.74. The molecule has 2 fully saturated rings. The van der Waals surface area contributed by atoms with E-state index in [1.807, 2.05) is 13.0 Å². The first kappa shape index (κ1) is 17.5. The number of nitrogens with zero attached hydrogens (tertiary/aromatic N) is 1. The summed E-state index contributed by atoms with van der Waals surface area (Å²) < 4.78 is 5.41. The Hall–Kier alpha value is -2.63. The summed E-state index contributed by atoms with van der Waals surface area (Å²) in [5, 5.41) is 3.80.